The molecule has 0 aliphatic carbocycles. The molecule has 0 spiro atoms. The zero-order valence-electron chi connectivity index (χ0n) is 18.0. The van der Waals surface area contributed by atoms with Crippen molar-refractivity contribution >= 4 is 5.91 Å². The Morgan fingerprint density at radius 1 is 1.00 bits per heavy atom. The Balaban J connectivity index is 1.43. The molecule has 30 heavy (non-hydrogen) atoms. The van der Waals surface area contributed by atoms with E-state index < -0.39 is 0 Å². The number of carbonyl (C=O) groups is 1. The summed E-state index contributed by atoms with van der Waals surface area (Å²) in [5.41, 5.74) is 3.16. The molecule has 5 nitrogen and oxygen atoms in total. The Bertz CT molecular complexity index is 842. The van der Waals surface area contributed by atoms with Gasteiger partial charge in [0.1, 0.15) is 5.75 Å². The van der Waals surface area contributed by atoms with Crippen molar-refractivity contribution in [3.63, 3.8) is 0 Å². The highest BCUT2D eigenvalue weighted by molar-refractivity contribution is 5.94. The first kappa shape index (κ1) is 20.9. The third kappa shape index (κ3) is 5.21. The molecule has 160 valence electrons. The van der Waals surface area contributed by atoms with Gasteiger partial charge in [0.25, 0.3) is 5.91 Å². The van der Waals surface area contributed by atoms with E-state index in [2.05, 4.69) is 33.3 Å². The summed E-state index contributed by atoms with van der Waals surface area (Å²) in [6, 6.07) is 16.5. The molecule has 0 aromatic heterocycles. The van der Waals surface area contributed by atoms with Crippen molar-refractivity contribution in [2.75, 3.05) is 39.8 Å². The van der Waals surface area contributed by atoms with E-state index in [1.165, 1.54) is 36.8 Å². The molecule has 5 heteroatoms. The summed E-state index contributed by atoms with van der Waals surface area (Å²) < 4.78 is 5.42. The van der Waals surface area contributed by atoms with Crippen LogP contribution in [-0.2, 0) is 6.54 Å². The zero-order chi connectivity index (χ0) is 20.8. The van der Waals surface area contributed by atoms with Gasteiger partial charge in [0.2, 0.25) is 0 Å². The van der Waals surface area contributed by atoms with Crippen LogP contribution < -0.4 is 10.1 Å². The highest BCUT2D eigenvalue weighted by atomic mass is 16.5. The largest absolute Gasteiger partial charge is 0.497 e. The first-order valence-corrected chi connectivity index (χ1v) is 11.2. The molecule has 0 saturated carbocycles. The fourth-order valence-electron chi connectivity index (χ4n) is 4.66. The minimum Gasteiger partial charge on any atom is -0.497 e. The van der Waals surface area contributed by atoms with Crippen LogP contribution >= 0.6 is 0 Å². The molecule has 1 amide bonds. The molecule has 1 N–H and O–H groups in total. The topological polar surface area (TPSA) is 44.8 Å². The van der Waals surface area contributed by atoms with Gasteiger partial charge in [0, 0.05) is 18.7 Å². The van der Waals surface area contributed by atoms with Crippen molar-refractivity contribution in [2.45, 2.75) is 38.3 Å². The summed E-state index contributed by atoms with van der Waals surface area (Å²) in [6.45, 7) is 6.00. The van der Waals surface area contributed by atoms with Crippen LogP contribution in [0.25, 0.3) is 0 Å². The summed E-state index contributed by atoms with van der Waals surface area (Å²) in [5.74, 6) is 0.864. The number of nitrogens with one attached hydrogen (secondary N) is 1. The van der Waals surface area contributed by atoms with Gasteiger partial charge in [-0.2, -0.15) is 0 Å². The molecule has 2 fully saturated rings. The predicted molar refractivity (Wildman–Crippen MR) is 120 cm³/mol. The quantitative estimate of drug-likeness (QED) is 0.722. The molecule has 1 atom stereocenters. The van der Waals surface area contributed by atoms with Crippen LogP contribution in [0, 0.1) is 0 Å². The molecule has 2 aromatic rings. The lowest BCUT2D eigenvalue weighted by Gasteiger charge is -2.28. The molecule has 2 aliphatic heterocycles. The second-order valence-electron chi connectivity index (χ2n) is 8.43. The summed E-state index contributed by atoms with van der Waals surface area (Å²) >= 11 is 0. The van der Waals surface area contributed by atoms with Gasteiger partial charge in [-0.1, -0.05) is 24.3 Å². The van der Waals surface area contributed by atoms with Crippen LogP contribution in [0.5, 0.6) is 5.75 Å². The summed E-state index contributed by atoms with van der Waals surface area (Å²) in [4.78, 5) is 17.9. The molecule has 0 bridgehead atoms. The van der Waals surface area contributed by atoms with E-state index in [0.717, 1.165) is 44.0 Å². The standard InChI is InChI=1S/C25H33N3O2/c1-30-23-11-7-9-21(17-23)24(28-14-4-5-15-28)18-26-25(29)22-10-6-8-20(16-22)19-27-12-2-3-13-27/h6-11,16-17,24H,2-5,12-15,18-19H2,1H3,(H,26,29). The third-order valence-electron chi connectivity index (χ3n) is 6.31. The van der Waals surface area contributed by atoms with Crippen LogP contribution in [0.1, 0.15) is 53.2 Å². The van der Waals surface area contributed by atoms with E-state index in [1.54, 1.807) is 7.11 Å². The summed E-state index contributed by atoms with van der Waals surface area (Å²) in [6.07, 6.45) is 4.99. The average Bonchev–Trinajstić information content (AvgIpc) is 3.49. The van der Waals surface area contributed by atoms with Crippen LogP contribution in [0.3, 0.4) is 0 Å². The Kier molecular flexibility index (Phi) is 7.03. The number of benzene rings is 2. The lowest BCUT2D eigenvalue weighted by Crippen LogP contribution is -2.36. The van der Waals surface area contributed by atoms with Gasteiger partial charge in [-0.15, -0.1) is 0 Å². The fourth-order valence-corrected chi connectivity index (χ4v) is 4.66. The summed E-state index contributed by atoms with van der Waals surface area (Å²) in [7, 11) is 1.70. The second-order valence-corrected chi connectivity index (χ2v) is 8.43. The fraction of sp³-hybridized carbons (Fsp3) is 0.480. The van der Waals surface area contributed by atoms with Crippen molar-refractivity contribution < 1.29 is 9.53 Å². The number of ether oxygens (including phenoxy) is 1. The second kappa shape index (κ2) is 10.1. The highest BCUT2D eigenvalue weighted by Crippen LogP contribution is 2.27. The SMILES string of the molecule is COc1cccc(C(CNC(=O)c2cccc(CN3CCCC3)c2)N2CCCC2)c1. The number of hydrogen-bond donors (Lipinski definition) is 1. The Labute approximate surface area is 180 Å². The normalized spacial score (nSPS) is 18.4. The van der Waals surface area contributed by atoms with Gasteiger partial charge in [0.15, 0.2) is 0 Å². The zero-order valence-corrected chi connectivity index (χ0v) is 18.0. The maximum atomic E-state index is 12.9. The first-order valence-electron chi connectivity index (χ1n) is 11.2. The van der Waals surface area contributed by atoms with Gasteiger partial charge >= 0.3 is 0 Å². The Morgan fingerprint density at radius 2 is 1.73 bits per heavy atom. The molecule has 1 unspecified atom stereocenters. The molecule has 0 radical (unpaired) electrons. The molecule has 4 rings (SSSR count). The molecular formula is C25H33N3O2. The number of amides is 1. The van der Waals surface area contributed by atoms with E-state index >= 15 is 0 Å². The number of carbonyl (C=O) groups excluding carboxylic acids is 1. The Hall–Kier alpha value is -2.37. The van der Waals surface area contributed by atoms with Crippen molar-refractivity contribution in [2.24, 2.45) is 0 Å². The van der Waals surface area contributed by atoms with Crippen molar-refractivity contribution in [1.82, 2.24) is 15.1 Å². The van der Waals surface area contributed by atoms with Gasteiger partial charge < -0.3 is 10.1 Å². The van der Waals surface area contributed by atoms with Gasteiger partial charge in [-0.25, -0.2) is 0 Å². The molecule has 2 saturated heterocycles. The minimum atomic E-state index is 0.00497. The van der Waals surface area contributed by atoms with Crippen molar-refractivity contribution in [1.29, 1.82) is 0 Å². The number of methoxy groups -OCH3 is 1. The maximum Gasteiger partial charge on any atom is 0.251 e. The van der Waals surface area contributed by atoms with Crippen molar-refractivity contribution in [3.05, 3.63) is 65.2 Å². The number of rotatable bonds is 8. The first-order chi connectivity index (χ1) is 14.7. The molecule has 2 heterocycles. The Morgan fingerprint density at radius 3 is 2.50 bits per heavy atom. The highest BCUT2D eigenvalue weighted by Gasteiger charge is 2.24. The van der Waals surface area contributed by atoms with E-state index in [-0.39, 0.29) is 11.9 Å². The minimum absolute atomic E-state index is 0.00497. The van der Waals surface area contributed by atoms with E-state index in [4.69, 9.17) is 4.74 Å². The average molecular weight is 408 g/mol. The summed E-state index contributed by atoms with van der Waals surface area (Å²) in [5, 5.41) is 3.20. The van der Waals surface area contributed by atoms with Gasteiger partial charge in [-0.05, 0) is 87.3 Å². The van der Waals surface area contributed by atoms with E-state index in [1.807, 2.05) is 30.3 Å². The number of nitrogens with zero attached hydrogens (tertiary/aromatic N) is 2. The van der Waals surface area contributed by atoms with Crippen LogP contribution in [0.4, 0.5) is 0 Å². The van der Waals surface area contributed by atoms with Crippen LogP contribution in [-0.4, -0.2) is 55.5 Å². The lowest BCUT2D eigenvalue weighted by atomic mass is 10.0. The number of likely N-dealkylation sites (tertiary alicyclic amines) is 2. The van der Waals surface area contributed by atoms with E-state index in [0.29, 0.717) is 6.54 Å². The third-order valence-corrected chi connectivity index (χ3v) is 6.31. The van der Waals surface area contributed by atoms with Crippen molar-refractivity contribution in [3.8, 4) is 5.75 Å². The molecule has 2 aromatic carbocycles. The predicted octanol–water partition coefficient (Wildman–Crippen LogP) is 3.86. The smallest absolute Gasteiger partial charge is 0.251 e. The van der Waals surface area contributed by atoms with Gasteiger partial charge in [-0.3, -0.25) is 14.6 Å². The molecular weight excluding hydrogens is 374 g/mol. The van der Waals surface area contributed by atoms with E-state index in [9.17, 15) is 4.79 Å². The monoisotopic (exact) mass is 407 g/mol. The van der Waals surface area contributed by atoms with Crippen LogP contribution in [0.2, 0.25) is 0 Å². The van der Waals surface area contributed by atoms with Gasteiger partial charge in [0.05, 0.1) is 13.2 Å². The number of hydrogen-bond acceptors (Lipinski definition) is 4. The maximum absolute atomic E-state index is 12.9. The molecule has 2 aliphatic rings. The lowest BCUT2D eigenvalue weighted by molar-refractivity contribution is 0.0937. The van der Waals surface area contributed by atoms with Crippen LogP contribution in [0.15, 0.2) is 48.5 Å².